The van der Waals surface area contributed by atoms with Gasteiger partial charge in [0.25, 0.3) is 0 Å². The number of ether oxygens (including phenoxy) is 3. The average Bonchev–Trinajstić information content (AvgIpc) is 2.53. The second-order valence-electron chi connectivity index (χ2n) is 5.85. The summed E-state index contributed by atoms with van der Waals surface area (Å²) in [7, 11) is 0. The van der Waals surface area contributed by atoms with Crippen LogP contribution in [0.15, 0.2) is 18.2 Å². The summed E-state index contributed by atoms with van der Waals surface area (Å²) in [6, 6.07) is 1.80. The van der Waals surface area contributed by atoms with Gasteiger partial charge in [-0.2, -0.15) is 0 Å². The second-order valence-corrected chi connectivity index (χ2v) is 5.85. The Kier molecular flexibility index (Phi) is 4.01. The number of benzene rings is 1. The highest BCUT2D eigenvalue weighted by Gasteiger charge is 2.50. The van der Waals surface area contributed by atoms with E-state index in [2.05, 4.69) is 6.92 Å². The number of hydrogen-bond acceptors (Lipinski definition) is 3. The van der Waals surface area contributed by atoms with Crippen LogP contribution in [0.2, 0.25) is 0 Å². The Labute approximate surface area is 126 Å². The predicted molar refractivity (Wildman–Crippen MR) is 73.3 cm³/mol. The van der Waals surface area contributed by atoms with E-state index in [-0.39, 0.29) is 11.0 Å². The van der Waals surface area contributed by atoms with Gasteiger partial charge in [0.2, 0.25) is 0 Å². The first-order chi connectivity index (χ1) is 10.5. The standard InChI is InChI=1S/C16H17F3O3/c1-2-4-15-8-20-16(21-9-15,22-10-15)5-3-11-6-12(17)14(19)13(18)7-11/h3,5-7H,2,4,8-10H2,1H3. The van der Waals surface area contributed by atoms with Crippen LogP contribution in [0.4, 0.5) is 13.2 Å². The van der Waals surface area contributed by atoms with Gasteiger partial charge in [0, 0.05) is 11.5 Å². The maximum absolute atomic E-state index is 13.2. The third-order valence-corrected chi connectivity index (χ3v) is 4.01. The lowest BCUT2D eigenvalue weighted by Gasteiger charge is -2.50. The van der Waals surface area contributed by atoms with E-state index in [4.69, 9.17) is 14.2 Å². The molecular formula is C16H17F3O3. The van der Waals surface area contributed by atoms with Crippen LogP contribution in [0.1, 0.15) is 25.3 Å². The highest BCUT2D eigenvalue weighted by molar-refractivity contribution is 5.50. The minimum absolute atomic E-state index is 0.113. The molecule has 0 aliphatic carbocycles. The van der Waals surface area contributed by atoms with Crippen LogP contribution in [-0.4, -0.2) is 25.8 Å². The topological polar surface area (TPSA) is 27.7 Å². The Hall–Kier alpha value is -1.37. The molecule has 3 aliphatic heterocycles. The summed E-state index contributed by atoms with van der Waals surface area (Å²) < 4.78 is 56.2. The van der Waals surface area contributed by atoms with Crippen LogP contribution in [0.5, 0.6) is 0 Å². The Morgan fingerprint density at radius 3 is 2.09 bits per heavy atom. The van der Waals surface area contributed by atoms with Crippen molar-refractivity contribution < 1.29 is 27.4 Å². The molecule has 0 amide bonds. The molecule has 0 radical (unpaired) electrons. The van der Waals surface area contributed by atoms with Gasteiger partial charge in [-0.15, -0.1) is 0 Å². The normalized spacial score (nSPS) is 31.1. The summed E-state index contributed by atoms with van der Waals surface area (Å²) in [5.74, 6) is -5.29. The van der Waals surface area contributed by atoms with Gasteiger partial charge in [-0.3, -0.25) is 0 Å². The highest BCUT2D eigenvalue weighted by atomic mass is 19.2. The van der Waals surface area contributed by atoms with Crippen molar-refractivity contribution >= 4 is 6.08 Å². The van der Waals surface area contributed by atoms with Gasteiger partial charge in [0.05, 0.1) is 19.8 Å². The Morgan fingerprint density at radius 2 is 1.59 bits per heavy atom. The van der Waals surface area contributed by atoms with Gasteiger partial charge in [0.15, 0.2) is 17.5 Å². The van der Waals surface area contributed by atoms with Crippen molar-refractivity contribution in [3.8, 4) is 0 Å². The molecule has 0 saturated carbocycles. The lowest BCUT2D eigenvalue weighted by molar-refractivity contribution is -0.444. The SMILES string of the molecule is CCCC12COC(C=Cc3cc(F)c(F)c(F)c3)(OC1)OC2. The molecule has 0 atom stereocenters. The van der Waals surface area contributed by atoms with Crippen LogP contribution in [0, 0.1) is 22.9 Å². The van der Waals surface area contributed by atoms with Crippen molar-refractivity contribution in [3.05, 3.63) is 41.2 Å². The summed E-state index contributed by atoms with van der Waals surface area (Å²) in [6.07, 6.45) is 4.80. The molecular weight excluding hydrogens is 297 g/mol. The Balaban J connectivity index is 1.74. The lowest BCUT2D eigenvalue weighted by atomic mass is 9.84. The molecule has 3 heterocycles. The van der Waals surface area contributed by atoms with E-state index >= 15 is 0 Å². The summed E-state index contributed by atoms with van der Waals surface area (Å²) in [6.45, 7) is 3.62. The number of fused-ring (bicyclic) bond motifs is 3. The van der Waals surface area contributed by atoms with Gasteiger partial charge in [0.1, 0.15) is 0 Å². The number of hydrogen-bond donors (Lipinski definition) is 0. The van der Waals surface area contributed by atoms with Crippen molar-refractivity contribution in [2.75, 3.05) is 19.8 Å². The van der Waals surface area contributed by atoms with Crippen LogP contribution >= 0.6 is 0 Å². The van der Waals surface area contributed by atoms with Crippen molar-refractivity contribution in [2.24, 2.45) is 5.41 Å². The second kappa shape index (κ2) is 5.68. The average molecular weight is 314 g/mol. The van der Waals surface area contributed by atoms with Crippen LogP contribution in [0.25, 0.3) is 6.08 Å². The highest BCUT2D eigenvalue weighted by Crippen LogP contribution is 2.42. The van der Waals surface area contributed by atoms with Crippen molar-refractivity contribution in [1.29, 1.82) is 0 Å². The molecule has 1 aromatic rings. The summed E-state index contributed by atoms with van der Waals surface area (Å²) in [5.41, 5.74) is 0.0517. The smallest absolute Gasteiger partial charge is 0.305 e. The molecule has 0 aromatic heterocycles. The fourth-order valence-corrected chi connectivity index (χ4v) is 2.77. The van der Waals surface area contributed by atoms with Crippen molar-refractivity contribution in [1.82, 2.24) is 0 Å². The molecule has 4 rings (SSSR count). The largest absolute Gasteiger partial charge is 0.323 e. The fraction of sp³-hybridized carbons (Fsp3) is 0.500. The predicted octanol–water partition coefficient (Wildman–Crippen LogP) is 3.63. The summed E-state index contributed by atoms with van der Waals surface area (Å²) in [4.78, 5) is 0. The van der Waals surface area contributed by atoms with E-state index in [0.29, 0.717) is 19.8 Å². The van der Waals surface area contributed by atoms with E-state index < -0.39 is 23.4 Å². The Bertz CT molecular complexity index is 553. The molecule has 3 aliphatic rings. The number of rotatable bonds is 4. The molecule has 2 bridgehead atoms. The quantitative estimate of drug-likeness (QED) is 0.794. The van der Waals surface area contributed by atoms with E-state index in [1.165, 1.54) is 12.2 Å². The minimum Gasteiger partial charge on any atom is -0.323 e. The van der Waals surface area contributed by atoms with E-state index in [1.54, 1.807) is 0 Å². The zero-order valence-corrected chi connectivity index (χ0v) is 12.2. The third kappa shape index (κ3) is 2.78. The fourth-order valence-electron chi connectivity index (χ4n) is 2.77. The molecule has 3 fully saturated rings. The third-order valence-electron chi connectivity index (χ3n) is 4.01. The maximum atomic E-state index is 13.2. The van der Waals surface area contributed by atoms with Crippen LogP contribution in [-0.2, 0) is 14.2 Å². The Morgan fingerprint density at radius 1 is 1.05 bits per heavy atom. The van der Waals surface area contributed by atoms with Gasteiger partial charge in [-0.05, 0) is 24.1 Å². The molecule has 0 unspecified atom stereocenters. The van der Waals surface area contributed by atoms with Gasteiger partial charge >= 0.3 is 5.97 Å². The van der Waals surface area contributed by atoms with Gasteiger partial charge in [-0.1, -0.05) is 19.4 Å². The molecule has 3 saturated heterocycles. The van der Waals surface area contributed by atoms with E-state index in [9.17, 15) is 13.2 Å². The molecule has 0 N–H and O–H groups in total. The van der Waals surface area contributed by atoms with Crippen LogP contribution in [0.3, 0.4) is 0 Å². The monoisotopic (exact) mass is 314 g/mol. The van der Waals surface area contributed by atoms with Gasteiger partial charge in [-0.25, -0.2) is 13.2 Å². The lowest BCUT2D eigenvalue weighted by Crippen LogP contribution is -2.59. The first-order valence-corrected chi connectivity index (χ1v) is 7.23. The van der Waals surface area contributed by atoms with E-state index in [1.807, 2.05) is 0 Å². The summed E-state index contributed by atoms with van der Waals surface area (Å²) >= 11 is 0. The molecule has 3 nitrogen and oxygen atoms in total. The van der Waals surface area contributed by atoms with Crippen LogP contribution < -0.4 is 0 Å². The maximum Gasteiger partial charge on any atom is 0.305 e. The molecule has 22 heavy (non-hydrogen) atoms. The van der Waals surface area contributed by atoms with Crippen molar-refractivity contribution in [3.63, 3.8) is 0 Å². The zero-order chi connectivity index (χ0) is 15.8. The number of halogens is 3. The first-order valence-electron chi connectivity index (χ1n) is 7.23. The molecule has 0 spiro atoms. The molecule has 6 heteroatoms. The zero-order valence-electron chi connectivity index (χ0n) is 12.2. The van der Waals surface area contributed by atoms with Gasteiger partial charge < -0.3 is 14.2 Å². The molecule has 1 aromatic carbocycles. The first kappa shape index (κ1) is 15.5. The minimum atomic E-state index is -1.49. The van der Waals surface area contributed by atoms with Crippen molar-refractivity contribution in [2.45, 2.75) is 25.7 Å². The van der Waals surface area contributed by atoms with E-state index in [0.717, 1.165) is 25.0 Å². The molecule has 120 valence electrons. The summed E-state index contributed by atoms with van der Waals surface area (Å²) in [5, 5.41) is 0.